The molecule has 114 valence electrons. The SMILES string of the molecule is CS(=O)(=O)c1cc(C2CC2)cc(C(=O)O)c1C1CCNC1. The van der Waals surface area contributed by atoms with Gasteiger partial charge in [0.1, 0.15) is 0 Å². The number of carboxylic acids is 1. The minimum absolute atomic E-state index is 0.0471. The van der Waals surface area contributed by atoms with E-state index in [2.05, 4.69) is 5.32 Å². The van der Waals surface area contributed by atoms with Gasteiger partial charge in [-0.25, -0.2) is 13.2 Å². The van der Waals surface area contributed by atoms with Gasteiger partial charge in [-0.1, -0.05) is 0 Å². The highest BCUT2D eigenvalue weighted by Gasteiger charge is 2.32. The van der Waals surface area contributed by atoms with Gasteiger partial charge in [0.05, 0.1) is 10.5 Å². The summed E-state index contributed by atoms with van der Waals surface area (Å²) in [4.78, 5) is 11.8. The lowest BCUT2D eigenvalue weighted by atomic mass is 9.91. The van der Waals surface area contributed by atoms with E-state index in [0.29, 0.717) is 18.0 Å². The first-order chi connectivity index (χ1) is 9.88. The third-order valence-electron chi connectivity index (χ3n) is 4.31. The maximum atomic E-state index is 12.2. The lowest BCUT2D eigenvalue weighted by Gasteiger charge is -2.18. The molecule has 0 amide bonds. The van der Waals surface area contributed by atoms with E-state index in [0.717, 1.165) is 37.6 Å². The summed E-state index contributed by atoms with van der Waals surface area (Å²) in [5.74, 6) is -0.766. The van der Waals surface area contributed by atoms with Crippen LogP contribution in [0.2, 0.25) is 0 Å². The Bertz CT molecular complexity index is 686. The van der Waals surface area contributed by atoms with Crippen molar-refractivity contribution in [3.8, 4) is 0 Å². The summed E-state index contributed by atoms with van der Waals surface area (Å²) in [5.41, 5.74) is 1.50. The number of rotatable bonds is 4. The van der Waals surface area contributed by atoms with E-state index in [-0.39, 0.29) is 16.4 Å². The van der Waals surface area contributed by atoms with Crippen molar-refractivity contribution < 1.29 is 18.3 Å². The standard InChI is InChI=1S/C15H19NO4S/c1-21(19,20)13-7-11(9-2-3-9)6-12(15(17)18)14(13)10-4-5-16-8-10/h6-7,9-10,16H,2-5,8H2,1H3,(H,17,18). The van der Waals surface area contributed by atoms with E-state index < -0.39 is 15.8 Å². The normalized spacial score (nSPS) is 22.4. The van der Waals surface area contributed by atoms with Crippen LogP contribution in [0.3, 0.4) is 0 Å². The number of aromatic carboxylic acids is 1. The van der Waals surface area contributed by atoms with Gasteiger partial charge in [-0.3, -0.25) is 0 Å². The average molecular weight is 309 g/mol. The first-order valence-corrected chi connectivity index (χ1v) is 9.09. The zero-order valence-electron chi connectivity index (χ0n) is 11.9. The molecule has 1 heterocycles. The predicted octanol–water partition coefficient (Wildman–Crippen LogP) is 1.74. The van der Waals surface area contributed by atoms with Crippen molar-refractivity contribution in [2.24, 2.45) is 0 Å². The Hall–Kier alpha value is -1.40. The zero-order chi connectivity index (χ0) is 15.2. The molecule has 1 aliphatic carbocycles. The second-order valence-electron chi connectivity index (χ2n) is 6.02. The molecule has 2 aliphatic rings. The second-order valence-corrected chi connectivity index (χ2v) is 8.01. The van der Waals surface area contributed by atoms with Gasteiger partial charge in [-0.05, 0) is 60.9 Å². The maximum absolute atomic E-state index is 12.2. The highest BCUT2D eigenvalue weighted by atomic mass is 32.2. The quantitative estimate of drug-likeness (QED) is 0.885. The summed E-state index contributed by atoms with van der Waals surface area (Å²) in [7, 11) is -3.45. The van der Waals surface area contributed by atoms with Crippen LogP contribution in [0.25, 0.3) is 0 Å². The Labute approximate surface area is 124 Å². The summed E-state index contributed by atoms with van der Waals surface area (Å²) in [6.45, 7) is 1.42. The molecular weight excluding hydrogens is 290 g/mol. The van der Waals surface area contributed by atoms with Crippen LogP contribution >= 0.6 is 0 Å². The Morgan fingerprint density at radius 3 is 2.43 bits per heavy atom. The molecule has 0 bridgehead atoms. The number of sulfone groups is 1. The van der Waals surface area contributed by atoms with Gasteiger partial charge in [-0.15, -0.1) is 0 Å². The van der Waals surface area contributed by atoms with Crippen LogP contribution < -0.4 is 5.32 Å². The molecule has 0 spiro atoms. The largest absolute Gasteiger partial charge is 0.478 e. The van der Waals surface area contributed by atoms with Gasteiger partial charge in [0.2, 0.25) is 0 Å². The number of hydrogen-bond acceptors (Lipinski definition) is 4. The van der Waals surface area contributed by atoms with Crippen molar-refractivity contribution in [3.63, 3.8) is 0 Å². The molecule has 0 radical (unpaired) electrons. The molecule has 2 N–H and O–H groups in total. The minimum Gasteiger partial charge on any atom is -0.478 e. The molecule has 2 fully saturated rings. The van der Waals surface area contributed by atoms with Crippen molar-refractivity contribution >= 4 is 15.8 Å². The Balaban J connectivity index is 2.24. The van der Waals surface area contributed by atoms with E-state index in [1.165, 1.54) is 0 Å². The molecule has 1 atom stereocenters. The van der Waals surface area contributed by atoms with E-state index in [1.54, 1.807) is 12.1 Å². The molecule has 1 aromatic carbocycles. The summed E-state index contributed by atoms with van der Waals surface area (Å²) >= 11 is 0. The lowest BCUT2D eigenvalue weighted by molar-refractivity contribution is 0.0694. The lowest BCUT2D eigenvalue weighted by Crippen LogP contribution is -2.16. The van der Waals surface area contributed by atoms with E-state index in [4.69, 9.17) is 0 Å². The fourth-order valence-corrected chi connectivity index (χ4v) is 4.13. The van der Waals surface area contributed by atoms with Gasteiger partial charge in [0.25, 0.3) is 0 Å². The van der Waals surface area contributed by atoms with Crippen LogP contribution in [-0.4, -0.2) is 38.8 Å². The monoisotopic (exact) mass is 309 g/mol. The molecule has 1 unspecified atom stereocenters. The number of nitrogens with one attached hydrogen (secondary N) is 1. The highest BCUT2D eigenvalue weighted by molar-refractivity contribution is 7.90. The fourth-order valence-electron chi connectivity index (χ4n) is 3.11. The second kappa shape index (κ2) is 5.10. The molecular formula is C15H19NO4S. The van der Waals surface area contributed by atoms with Crippen molar-refractivity contribution in [1.82, 2.24) is 5.32 Å². The molecule has 1 aromatic rings. The van der Waals surface area contributed by atoms with Crippen molar-refractivity contribution in [2.75, 3.05) is 19.3 Å². The first kappa shape index (κ1) is 14.5. The Morgan fingerprint density at radius 2 is 1.95 bits per heavy atom. The van der Waals surface area contributed by atoms with E-state index >= 15 is 0 Å². The fraction of sp³-hybridized carbons (Fsp3) is 0.533. The van der Waals surface area contributed by atoms with Crippen molar-refractivity contribution in [1.29, 1.82) is 0 Å². The van der Waals surface area contributed by atoms with Gasteiger partial charge in [-0.2, -0.15) is 0 Å². The topological polar surface area (TPSA) is 83.5 Å². The number of carboxylic acid groups (broad SMARTS) is 1. The van der Waals surface area contributed by atoms with Crippen molar-refractivity contribution in [2.45, 2.75) is 36.0 Å². The van der Waals surface area contributed by atoms with Gasteiger partial charge >= 0.3 is 5.97 Å². The summed E-state index contributed by atoms with van der Waals surface area (Å²) in [6.07, 6.45) is 3.95. The van der Waals surface area contributed by atoms with Crippen molar-refractivity contribution in [3.05, 3.63) is 28.8 Å². The zero-order valence-corrected chi connectivity index (χ0v) is 12.7. The smallest absolute Gasteiger partial charge is 0.336 e. The molecule has 1 saturated heterocycles. The van der Waals surface area contributed by atoms with Crippen LogP contribution in [0.1, 0.15) is 52.6 Å². The van der Waals surface area contributed by atoms with Crippen LogP contribution in [0.15, 0.2) is 17.0 Å². The third kappa shape index (κ3) is 2.82. The minimum atomic E-state index is -3.45. The Kier molecular flexibility index (Phi) is 3.53. The number of carbonyl (C=O) groups is 1. The average Bonchev–Trinajstić information content (AvgIpc) is 3.12. The maximum Gasteiger partial charge on any atom is 0.336 e. The molecule has 0 aromatic heterocycles. The predicted molar refractivity (Wildman–Crippen MR) is 78.7 cm³/mol. The van der Waals surface area contributed by atoms with Crippen LogP contribution in [-0.2, 0) is 9.84 Å². The summed E-state index contributed by atoms with van der Waals surface area (Å²) < 4.78 is 24.3. The molecule has 21 heavy (non-hydrogen) atoms. The number of benzene rings is 1. The van der Waals surface area contributed by atoms with Crippen LogP contribution in [0.5, 0.6) is 0 Å². The molecule has 1 aliphatic heterocycles. The molecule has 5 nitrogen and oxygen atoms in total. The molecule has 6 heteroatoms. The van der Waals surface area contributed by atoms with Gasteiger partial charge < -0.3 is 10.4 Å². The summed E-state index contributed by atoms with van der Waals surface area (Å²) in [5, 5.41) is 12.7. The van der Waals surface area contributed by atoms with Crippen LogP contribution in [0.4, 0.5) is 0 Å². The highest BCUT2D eigenvalue weighted by Crippen LogP contribution is 2.43. The number of hydrogen-bond donors (Lipinski definition) is 2. The third-order valence-corrected chi connectivity index (χ3v) is 5.45. The van der Waals surface area contributed by atoms with E-state index in [1.807, 2.05) is 0 Å². The van der Waals surface area contributed by atoms with E-state index in [9.17, 15) is 18.3 Å². The first-order valence-electron chi connectivity index (χ1n) is 7.20. The molecule has 3 rings (SSSR count). The summed E-state index contributed by atoms with van der Waals surface area (Å²) in [6, 6.07) is 3.38. The van der Waals surface area contributed by atoms with Crippen LogP contribution in [0, 0.1) is 0 Å². The van der Waals surface area contributed by atoms with Gasteiger partial charge in [0, 0.05) is 12.8 Å². The Morgan fingerprint density at radius 1 is 1.24 bits per heavy atom. The molecule has 1 saturated carbocycles. The van der Waals surface area contributed by atoms with Gasteiger partial charge in [0.15, 0.2) is 9.84 Å².